The third kappa shape index (κ3) is 5.84. The average Bonchev–Trinajstić information content (AvgIpc) is 3.60. The topological polar surface area (TPSA) is 76.6 Å². The van der Waals surface area contributed by atoms with Gasteiger partial charge in [-0.25, -0.2) is 9.78 Å². The molecule has 4 aliphatic rings. The first-order chi connectivity index (χ1) is 19.3. The number of benzene rings is 1. The molecule has 6 rings (SSSR count). The lowest BCUT2D eigenvalue weighted by atomic mass is 9.88. The van der Waals surface area contributed by atoms with Gasteiger partial charge >= 0.3 is 12.2 Å². The van der Waals surface area contributed by atoms with Gasteiger partial charge in [0.2, 0.25) is 5.95 Å². The quantitative estimate of drug-likeness (QED) is 0.390. The van der Waals surface area contributed by atoms with Gasteiger partial charge in [0.05, 0.1) is 6.04 Å². The molecule has 4 fully saturated rings. The molecule has 40 heavy (non-hydrogen) atoms. The number of alkyl halides is 3. The van der Waals surface area contributed by atoms with Crippen molar-refractivity contribution in [3.63, 3.8) is 0 Å². The number of amides is 2. The number of hydrogen-bond donors (Lipinski definition) is 2. The zero-order valence-electron chi connectivity index (χ0n) is 23.0. The third-order valence-electron chi connectivity index (χ3n) is 8.85. The maximum absolute atomic E-state index is 13.8. The second kappa shape index (κ2) is 11.1. The second-order valence-electron chi connectivity index (χ2n) is 11.8. The van der Waals surface area contributed by atoms with E-state index in [1.165, 1.54) is 11.1 Å². The minimum atomic E-state index is -4.58. The van der Waals surface area contributed by atoms with E-state index in [-0.39, 0.29) is 30.4 Å². The van der Waals surface area contributed by atoms with Gasteiger partial charge in [-0.3, -0.25) is 0 Å². The number of nitrogens with zero attached hydrogens (tertiary/aromatic N) is 5. The standard InChI is InChI=1S/C29H38F3N7O/c1-37-14-9-19(10-15-37)21-7-8-25(23(16-21)20-5-6-20)35-27-34-17-24(29(30,31)32)26(36-27)33-11-3-12-38-18-22-4-2-13-39(22)28(38)40/h7-8,16-17,19-20,22H,2-6,9-15,18H2,1H3,(H2,33,34,35,36)/t22-/m0/s1. The molecule has 3 saturated heterocycles. The molecule has 216 valence electrons. The molecule has 1 aromatic heterocycles. The Hall–Kier alpha value is -3.08. The summed E-state index contributed by atoms with van der Waals surface area (Å²) >= 11 is 0. The fraction of sp³-hybridized carbons (Fsp3) is 0.621. The summed E-state index contributed by atoms with van der Waals surface area (Å²) < 4.78 is 41.3. The van der Waals surface area contributed by atoms with E-state index in [9.17, 15) is 18.0 Å². The van der Waals surface area contributed by atoms with Crippen molar-refractivity contribution in [1.82, 2.24) is 24.7 Å². The van der Waals surface area contributed by atoms with E-state index in [0.717, 1.165) is 70.0 Å². The molecule has 1 saturated carbocycles. The molecule has 2 aromatic rings. The van der Waals surface area contributed by atoms with E-state index in [1.807, 2.05) is 11.0 Å². The molecule has 11 heteroatoms. The second-order valence-corrected chi connectivity index (χ2v) is 11.8. The van der Waals surface area contributed by atoms with E-state index in [2.05, 4.69) is 44.7 Å². The van der Waals surface area contributed by atoms with Crippen LogP contribution in [0.2, 0.25) is 0 Å². The number of carbonyl (C=O) groups is 1. The van der Waals surface area contributed by atoms with Crippen LogP contribution in [-0.2, 0) is 6.18 Å². The summed E-state index contributed by atoms with van der Waals surface area (Å²) in [7, 11) is 2.16. The fourth-order valence-corrected chi connectivity index (χ4v) is 6.38. The van der Waals surface area contributed by atoms with E-state index in [1.54, 1.807) is 4.90 Å². The normalized spacial score (nSPS) is 22.2. The number of fused-ring (bicyclic) bond motifs is 1. The summed E-state index contributed by atoms with van der Waals surface area (Å²) in [6.45, 7) is 4.45. The summed E-state index contributed by atoms with van der Waals surface area (Å²) in [5.41, 5.74) is 2.51. The van der Waals surface area contributed by atoms with E-state index < -0.39 is 11.7 Å². The number of urea groups is 1. The number of aromatic nitrogens is 2. The molecular formula is C29H38F3N7O. The molecule has 0 unspecified atom stereocenters. The molecule has 8 nitrogen and oxygen atoms in total. The van der Waals surface area contributed by atoms with Crippen LogP contribution in [0.4, 0.5) is 35.4 Å². The van der Waals surface area contributed by atoms with Gasteiger partial charge in [0.1, 0.15) is 11.4 Å². The van der Waals surface area contributed by atoms with Gasteiger partial charge in [-0.2, -0.15) is 18.2 Å². The van der Waals surface area contributed by atoms with Crippen LogP contribution < -0.4 is 10.6 Å². The van der Waals surface area contributed by atoms with Crippen molar-refractivity contribution in [2.45, 2.75) is 69.0 Å². The number of rotatable bonds is 9. The highest BCUT2D eigenvalue weighted by molar-refractivity contribution is 5.77. The first kappa shape index (κ1) is 27.1. The Labute approximate surface area is 233 Å². The number of halogens is 3. The lowest BCUT2D eigenvalue weighted by Crippen LogP contribution is -2.33. The number of likely N-dealkylation sites (tertiary alicyclic amines) is 1. The maximum atomic E-state index is 13.8. The van der Waals surface area contributed by atoms with Gasteiger partial charge in [0.15, 0.2) is 0 Å². The third-order valence-corrected chi connectivity index (χ3v) is 8.85. The Kier molecular flexibility index (Phi) is 7.50. The Balaban J connectivity index is 1.13. The molecule has 0 radical (unpaired) electrons. The van der Waals surface area contributed by atoms with Crippen molar-refractivity contribution < 1.29 is 18.0 Å². The Bertz CT molecular complexity index is 1230. The van der Waals surface area contributed by atoms with Gasteiger partial charge in [0.25, 0.3) is 0 Å². The van der Waals surface area contributed by atoms with Crippen LogP contribution in [0.5, 0.6) is 0 Å². The molecule has 4 heterocycles. The molecule has 0 spiro atoms. The van der Waals surface area contributed by atoms with Crippen molar-refractivity contribution >= 4 is 23.5 Å². The largest absolute Gasteiger partial charge is 0.421 e. The van der Waals surface area contributed by atoms with Gasteiger partial charge in [0, 0.05) is 38.1 Å². The SMILES string of the molecule is CN1CCC(c2ccc(Nc3ncc(C(F)(F)F)c(NCCCN4C[C@@H]5CCCN5C4=O)n3)c(C3CC3)c2)CC1. The van der Waals surface area contributed by atoms with Crippen molar-refractivity contribution in [2.24, 2.45) is 0 Å². The van der Waals surface area contributed by atoms with Crippen LogP contribution >= 0.6 is 0 Å². The van der Waals surface area contributed by atoms with Crippen molar-refractivity contribution in [3.05, 3.63) is 41.1 Å². The van der Waals surface area contributed by atoms with Crippen LogP contribution in [0.25, 0.3) is 0 Å². The molecular weight excluding hydrogens is 519 g/mol. The summed E-state index contributed by atoms with van der Waals surface area (Å²) in [5.74, 6) is 0.896. The Morgan fingerprint density at radius 1 is 1.05 bits per heavy atom. The first-order valence-electron chi connectivity index (χ1n) is 14.6. The van der Waals surface area contributed by atoms with E-state index in [4.69, 9.17) is 0 Å². The Morgan fingerprint density at radius 2 is 1.85 bits per heavy atom. The van der Waals surface area contributed by atoms with Crippen molar-refractivity contribution in [3.8, 4) is 0 Å². The van der Waals surface area contributed by atoms with Crippen LogP contribution in [0.3, 0.4) is 0 Å². The predicted octanol–water partition coefficient (Wildman–Crippen LogP) is 5.63. The summed E-state index contributed by atoms with van der Waals surface area (Å²) in [4.78, 5) is 26.9. The summed E-state index contributed by atoms with van der Waals surface area (Å²) in [6, 6.07) is 6.78. The predicted molar refractivity (Wildman–Crippen MR) is 148 cm³/mol. The van der Waals surface area contributed by atoms with Gasteiger partial charge in [-0.05, 0) is 94.1 Å². The molecule has 1 aliphatic carbocycles. The highest BCUT2D eigenvalue weighted by Crippen LogP contribution is 2.45. The van der Waals surface area contributed by atoms with Crippen LogP contribution in [0.1, 0.15) is 73.5 Å². The molecule has 0 bridgehead atoms. The summed E-state index contributed by atoms with van der Waals surface area (Å²) in [5, 5.41) is 6.09. The lowest BCUT2D eigenvalue weighted by molar-refractivity contribution is -0.137. The van der Waals surface area contributed by atoms with Crippen LogP contribution in [0, 0.1) is 0 Å². The zero-order valence-corrected chi connectivity index (χ0v) is 23.0. The average molecular weight is 558 g/mol. The number of carbonyl (C=O) groups excluding carboxylic acids is 1. The fourth-order valence-electron chi connectivity index (χ4n) is 6.38. The van der Waals surface area contributed by atoms with Crippen LogP contribution in [0.15, 0.2) is 24.4 Å². The molecule has 1 atom stereocenters. The first-order valence-corrected chi connectivity index (χ1v) is 14.6. The minimum absolute atomic E-state index is 0.0420. The number of anilines is 3. The highest BCUT2D eigenvalue weighted by Gasteiger charge is 2.39. The van der Waals surface area contributed by atoms with E-state index in [0.29, 0.717) is 31.3 Å². The zero-order chi connectivity index (χ0) is 27.9. The van der Waals surface area contributed by atoms with Crippen molar-refractivity contribution in [2.75, 3.05) is 56.9 Å². The minimum Gasteiger partial charge on any atom is -0.369 e. The molecule has 2 amide bonds. The Morgan fingerprint density at radius 3 is 2.58 bits per heavy atom. The number of hydrogen-bond acceptors (Lipinski definition) is 6. The van der Waals surface area contributed by atoms with Gasteiger partial charge in [-0.15, -0.1) is 0 Å². The van der Waals surface area contributed by atoms with Crippen LogP contribution in [-0.4, -0.2) is 83.1 Å². The summed E-state index contributed by atoms with van der Waals surface area (Å²) in [6.07, 6.45) is 3.36. The lowest BCUT2D eigenvalue weighted by Gasteiger charge is -2.29. The molecule has 1 aromatic carbocycles. The smallest absolute Gasteiger partial charge is 0.369 e. The number of nitrogens with one attached hydrogen (secondary N) is 2. The highest BCUT2D eigenvalue weighted by atomic mass is 19.4. The monoisotopic (exact) mass is 557 g/mol. The maximum Gasteiger partial charge on any atom is 0.421 e. The van der Waals surface area contributed by atoms with Gasteiger partial charge < -0.3 is 25.3 Å². The molecule has 2 N–H and O–H groups in total. The van der Waals surface area contributed by atoms with E-state index >= 15 is 0 Å². The van der Waals surface area contributed by atoms with Gasteiger partial charge in [-0.1, -0.05) is 12.1 Å². The number of piperidine rings is 1. The van der Waals surface area contributed by atoms with Crippen molar-refractivity contribution in [1.29, 1.82) is 0 Å². The molecule has 3 aliphatic heterocycles.